The number of nitrogens with zero attached hydrogens (tertiary/aromatic N) is 3. The standard InChI is InChI=1S/C23H25ClN4O3S2/c1-27-8-7-17-18(12-27)33-21-20(17)22(30)28(15-5-2-4-14(24)10-15)23(26-21)32-13-19(29)25-11-16-6-3-9-31-16/h2,4-5,10,16H,3,6-9,11-13H2,1H3,(H,25,29)/t16-/m1/s1. The van der Waals surface area contributed by atoms with Crippen LogP contribution < -0.4 is 10.9 Å². The van der Waals surface area contributed by atoms with Crippen LogP contribution in [0.2, 0.25) is 5.02 Å². The largest absolute Gasteiger partial charge is 0.376 e. The first-order valence-corrected chi connectivity index (χ1v) is 13.2. The van der Waals surface area contributed by atoms with Crippen LogP contribution in [0, 0.1) is 0 Å². The Labute approximate surface area is 205 Å². The highest BCUT2D eigenvalue weighted by Gasteiger charge is 2.25. The van der Waals surface area contributed by atoms with Gasteiger partial charge in [-0.2, -0.15) is 0 Å². The van der Waals surface area contributed by atoms with Crippen LogP contribution in [-0.4, -0.2) is 59.0 Å². The van der Waals surface area contributed by atoms with Gasteiger partial charge in [-0.15, -0.1) is 11.3 Å². The van der Waals surface area contributed by atoms with Crippen LogP contribution in [0.3, 0.4) is 0 Å². The number of carbonyl (C=O) groups is 1. The minimum Gasteiger partial charge on any atom is -0.376 e. The van der Waals surface area contributed by atoms with E-state index in [0.717, 1.165) is 49.4 Å². The molecule has 1 saturated heterocycles. The van der Waals surface area contributed by atoms with E-state index in [1.165, 1.54) is 16.6 Å². The minimum absolute atomic E-state index is 0.0913. The normalized spacial score (nSPS) is 18.5. The first kappa shape index (κ1) is 22.9. The first-order valence-electron chi connectivity index (χ1n) is 11.0. The SMILES string of the molecule is CN1CCc2c(sc3nc(SCC(=O)NC[C@H]4CCCO4)n(-c4cccc(Cl)c4)c(=O)c23)C1. The third-order valence-electron chi connectivity index (χ3n) is 5.98. The summed E-state index contributed by atoms with van der Waals surface area (Å²) in [6.07, 6.45) is 2.92. The second kappa shape index (κ2) is 9.76. The maximum absolute atomic E-state index is 13.8. The molecule has 174 valence electrons. The summed E-state index contributed by atoms with van der Waals surface area (Å²) in [4.78, 5) is 35.3. The van der Waals surface area contributed by atoms with Gasteiger partial charge >= 0.3 is 0 Å². The molecule has 2 aliphatic rings. The van der Waals surface area contributed by atoms with Crippen LogP contribution in [0.25, 0.3) is 15.9 Å². The fourth-order valence-electron chi connectivity index (χ4n) is 4.31. The molecule has 0 unspecified atom stereocenters. The maximum Gasteiger partial charge on any atom is 0.267 e. The Morgan fingerprint density at radius 1 is 1.42 bits per heavy atom. The summed E-state index contributed by atoms with van der Waals surface area (Å²) in [7, 11) is 2.08. The van der Waals surface area contributed by atoms with Crippen molar-refractivity contribution in [1.29, 1.82) is 0 Å². The molecule has 0 aliphatic carbocycles. The lowest BCUT2D eigenvalue weighted by atomic mass is 10.1. The van der Waals surface area contributed by atoms with Crippen molar-refractivity contribution in [2.45, 2.75) is 37.1 Å². The number of likely N-dealkylation sites (N-methyl/N-ethyl adjacent to an activating group) is 1. The van der Waals surface area contributed by atoms with Crippen molar-refractivity contribution in [3.8, 4) is 5.69 Å². The number of thiophene rings is 1. The number of halogens is 1. The van der Waals surface area contributed by atoms with Crippen molar-refractivity contribution in [2.24, 2.45) is 0 Å². The van der Waals surface area contributed by atoms with Gasteiger partial charge in [0.1, 0.15) is 4.83 Å². The van der Waals surface area contributed by atoms with Crippen molar-refractivity contribution < 1.29 is 9.53 Å². The number of rotatable bonds is 6. The van der Waals surface area contributed by atoms with Gasteiger partial charge in [0.2, 0.25) is 5.91 Å². The van der Waals surface area contributed by atoms with Crippen molar-refractivity contribution in [3.63, 3.8) is 0 Å². The second-order valence-corrected chi connectivity index (χ2v) is 10.9. The quantitative estimate of drug-likeness (QED) is 0.409. The van der Waals surface area contributed by atoms with Gasteiger partial charge in [0.15, 0.2) is 5.16 Å². The number of aromatic nitrogens is 2. The Bertz CT molecular complexity index is 1250. The van der Waals surface area contributed by atoms with E-state index in [-0.39, 0.29) is 23.3 Å². The van der Waals surface area contributed by atoms with Crippen LogP contribution >= 0.6 is 34.7 Å². The van der Waals surface area contributed by atoms with Gasteiger partial charge in [0, 0.05) is 36.1 Å². The van der Waals surface area contributed by atoms with Gasteiger partial charge in [0.05, 0.1) is 22.9 Å². The number of nitrogens with one attached hydrogen (secondary N) is 1. The molecule has 1 fully saturated rings. The minimum atomic E-state index is -0.105. The zero-order valence-electron chi connectivity index (χ0n) is 18.3. The number of hydrogen-bond donors (Lipinski definition) is 1. The average molecular weight is 505 g/mol. The summed E-state index contributed by atoms with van der Waals surface area (Å²) in [5, 5.41) is 4.66. The Balaban J connectivity index is 1.49. The number of carbonyl (C=O) groups excluding carboxylic acids is 1. The monoisotopic (exact) mass is 504 g/mol. The molecule has 4 heterocycles. The molecule has 2 aromatic heterocycles. The molecule has 1 amide bonds. The molecule has 10 heteroatoms. The zero-order chi connectivity index (χ0) is 22.9. The van der Waals surface area contributed by atoms with Crippen LogP contribution in [0.5, 0.6) is 0 Å². The molecular formula is C23H25ClN4O3S2. The van der Waals surface area contributed by atoms with Crippen molar-refractivity contribution in [1.82, 2.24) is 19.8 Å². The lowest BCUT2D eigenvalue weighted by molar-refractivity contribution is -0.119. The van der Waals surface area contributed by atoms with E-state index in [0.29, 0.717) is 27.8 Å². The van der Waals surface area contributed by atoms with E-state index in [1.54, 1.807) is 28.0 Å². The summed E-state index contributed by atoms with van der Waals surface area (Å²) in [5.41, 5.74) is 1.65. The van der Waals surface area contributed by atoms with Crippen LogP contribution in [0.4, 0.5) is 0 Å². The smallest absolute Gasteiger partial charge is 0.267 e. The lowest BCUT2D eigenvalue weighted by Crippen LogP contribution is -2.33. The van der Waals surface area contributed by atoms with Crippen molar-refractivity contribution in [3.05, 3.63) is 50.1 Å². The Hall–Kier alpha value is -1.91. The van der Waals surface area contributed by atoms with Gasteiger partial charge in [-0.3, -0.25) is 14.2 Å². The summed E-state index contributed by atoms with van der Waals surface area (Å²) < 4.78 is 7.17. The van der Waals surface area contributed by atoms with Gasteiger partial charge in [0.25, 0.3) is 5.56 Å². The molecule has 1 aromatic carbocycles. The van der Waals surface area contributed by atoms with E-state index >= 15 is 0 Å². The molecule has 1 N–H and O–H groups in total. The summed E-state index contributed by atoms with van der Waals surface area (Å²) in [5.74, 6) is 0.0635. The van der Waals surface area contributed by atoms with Gasteiger partial charge in [-0.25, -0.2) is 4.98 Å². The summed E-state index contributed by atoms with van der Waals surface area (Å²) in [6.45, 7) is 3.00. The third-order valence-corrected chi connectivity index (χ3v) is 8.27. The molecule has 3 aromatic rings. The predicted octanol–water partition coefficient (Wildman–Crippen LogP) is 3.48. The zero-order valence-corrected chi connectivity index (χ0v) is 20.7. The van der Waals surface area contributed by atoms with E-state index in [9.17, 15) is 9.59 Å². The Morgan fingerprint density at radius 2 is 2.30 bits per heavy atom. The van der Waals surface area contributed by atoms with Crippen LogP contribution in [0.15, 0.2) is 34.2 Å². The second-order valence-electron chi connectivity index (χ2n) is 8.41. The predicted molar refractivity (Wildman–Crippen MR) is 133 cm³/mol. The van der Waals surface area contributed by atoms with Gasteiger partial charge in [-0.1, -0.05) is 29.4 Å². The molecule has 33 heavy (non-hydrogen) atoms. The van der Waals surface area contributed by atoms with E-state index in [1.807, 2.05) is 12.1 Å². The Morgan fingerprint density at radius 3 is 3.09 bits per heavy atom. The maximum atomic E-state index is 13.8. The highest BCUT2D eigenvalue weighted by molar-refractivity contribution is 7.99. The molecule has 5 rings (SSSR count). The van der Waals surface area contributed by atoms with E-state index in [4.69, 9.17) is 21.3 Å². The van der Waals surface area contributed by atoms with Gasteiger partial charge in [-0.05, 0) is 50.1 Å². The van der Waals surface area contributed by atoms with E-state index in [2.05, 4.69) is 17.3 Å². The van der Waals surface area contributed by atoms with E-state index < -0.39 is 0 Å². The molecule has 0 bridgehead atoms. The number of amides is 1. The van der Waals surface area contributed by atoms with Crippen LogP contribution in [0.1, 0.15) is 23.3 Å². The number of benzene rings is 1. The molecule has 0 spiro atoms. The highest BCUT2D eigenvalue weighted by Crippen LogP contribution is 2.34. The molecule has 0 radical (unpaired) electrons. The number of fused-ring (bicyclic) bond motifs is 3. The lowest BCUT2D eigenvalue weighted by Gasteiger charge is -2.21. The van der Waals surface area contributed by atoms with Gasteiger partial charge < -0.3 is 15.0 Å². The fourth-order valence-corrected chi connectivity index (χ4v) is 6.67. The number of ether oxygens (including phenoxy) is 1. The van der Waals surface area contributed by atoms with Crippen molar-refractivity contribution in [2.75, 3.05) is 32.5 Å². The average Bonchev–Trinajstić information content (AvgIpc) is 3.43. The molecule has 1 atom stereocenters. The van der Waals surface area contributed by atoms with Crippen LogP contribution in [-0.2, 0) is 22.5 Å². The third kappa shape index (κ3) is 4.83. The summed E-state index contributed by atoms with van der Waals surface area (Å²) in [6, 6.07) is 7.18. The fraction of sp³-hybridized carbons (Fsp3) is 0.435. The van der Waals surface area contributed by atoms with Crippen molar-refractivity contribution >= 4 is 50.8 Å². The number of hydrogen-bond acceptors (Lipinski definition) is 7. The molecule has 0 saturated carbocycles. The molecule has 7 nitrogen and oxygen atoms in total. The topological polar surface area (TPSA) is 76.5 Å². The summed E-state index contributed by atoms with van der Waals surface area (Å²) >= 11 is 9.08. The molecule has 2 aliphatic heterocycles. The number of thioether (sulfide) groups is 1. The first-order chi connectivity index (χ1) is 16.0. The highest BCUT2D eigenvalue weighted by atomic mass is 35.5. The molecular weight excluding hydrogens is 480 g/mol. The Kier molecular flexibility index (Phi) is 6.76.